The van der Waals surface area contributed by atoms with Crippen molar-refractivity contribution in [3.8, 4) is 0 Å². The van der Waals surface area contributed by atoms with E-state index in [-0.39, 0.29) is 5.97 Å². The number of carbonyl (C=O) groups is 1. The molecule has 4 heteroatoms. The van der Waals surface area contributed by atoms with Crippen LogP contribution in [0.3, 0.4) is 0 Å². The molecule has 0 heterocycles. The van der Waals surface area contributed by atoms with Gasteiger partial charge in [0, 0.05) is 5.33 Å². The Bertz CT molecular complexity index is 539. The van der Waals surface area contributed by atoms with Crippen LogP contribution in [-0.4, -0.2) is 30.1 Å². The van der Waals surface area contributed by atoms with E-state index in [1.165, 1.54) is 0 Å². The van der Waals surface area contributed by atoms with Crippen LogP contribution in [0, 0.1) is 5.41 Å². The lowest BCUT2D eigenvalue weighted by atomic mass is 9.71. The molecule has 0 aliphatic carbocycles. The number of rotatable bonds is 11. The highest BCUT2D eigenvalue weighted by molar-refractivity contribution is 9.09. The van der Waals surface area contributed by atoms with Gasteiger partial charge >= 0.3 is 5.97 Å². The van der Waals surface area contributed by atoms with E-state index in [1.54, 1.807) is 0 Å². The van der Waals surface area contributed by atoms with Crippen LogP contribution >= 0.6 is 15.9 Å². The fourth-order valence-electron chi connectivity index (χ4n) is 2.68. The van der Waals surface area contributed by atoms with Crippen molar-refractivity contribution in [2.24, 2.45) is 5.41 Å². The smallest absolute Gasteiger partial charge is 0.314 e. The summed E-state index contributed by atoms with van der Waals surface area (Å²) in [6, 6.07) is 10.1. The predicted molar refractivity (Wildman–Crippen MR) is 108 cm³/mol. The van der Waals surface area contributed by atoms with Crippen molar-refractivity contribution in [2.45, 2.75) is 52.6 Å². The summed E-state index contributed by atoms with van der Waals surface area (Å²) in [4.78, 5) is 12.6. The molecule has 1 aromatic rings. The zero-order valence-electron chi connectivity index (χ0n) is 15.9. The molecule has 0 aliphatic rings. The number of ether oxygens (including phenoxy) is 2. The third kappa shape index (κ3) is 6.59. The maximum Gasteiger partial charge on any atom is 0.314 e. The third-order valence-corrected chi connectivity index (χ3v) is 5.33. The maximum absolute atomic E-state index is 12.6. The summed E-state index contributed by atoms with van der Waals surface area (Å²) in [5.74, 6) is -0.179. The summed E-state index contributed by atoms with van der Waals surface area (Å²) in [6.07, 6.45) is 6.74. The lowest BCUT2D eigenvalue weighted by molar-refractivity contribution is -0.176. The summed E-state index contributed by atoms with van der Waals surface area (Å²) in [5, 5.41) is 0.938. The summed E-state index contributed by atoms with van der Waals surface area (Å²) in [6.45, 7) is 8.60. The average Bonchev–Trinajstić information content (AvgIpc) is 2.59. The lowest BCUT2D eigenvalue weighted by Gasteiger charge is -2.41. The highest BCUT2D eigenvalue weighted by Gasteiger charge is 2.48. The zero-order valence-corrected chi connectivity index (χ0v) is 17.5. The van der Waals surface area contributed by atoms with Crippen LogP contribution in [0.2, 0.25) is 0 Å². The van der Waals surface area contributed by atoms with E-state index in [2.05, 4.69) is 15.9 Å². The number of benzene rings is 1. The van der Waals surface area contributed by atoms with Crippen molar-refractivity contribution in [1.29, 1.82) is 0 Å². The minimum absolute atomic E-state index is 0.179. The second-order valence-electron chi connectivity index (χ2n) is 6.83. The van der Waals surface area contributed by atoms with Crippen molar-refractivity contribution < 1.29 is 14.3 Å². The van der Waals surface area contributed by atoms with Gasteiger partial charge in [-0.3, -0.25) is 4.79 Å². The van der Waals surface area contributed by atoms with Gasteiger partial charge in [-0.1, -0.05) is 64.8 Å². The van der Waals surface area contributed by atoms with Gasteiger partial charge in [-0.2, -0.15) is 0 Å². The second-order valence-corrected chi connectivity index (χ2v) is 7.63. The van der Waals surface area contributed by atoms with Gasteiger partial charge in [-0.05, 0) is 46.1 Å². The maximum atomic E-state index is 12.6. The number of hydrogen-bond acceptors (Lipinski definition) is 3. The van der Waals surface area contributed by atoms with E-state index in [0.29, 0.717) is 13.2 Å². The number of hydrogen-bond donors (Lipinski definition) is 0. The molecule has 0 saturated carbocycles. The summed E-state index contributed by atoms with van der Waals surface area (Å²) < 4.78 is 11.5. The van der Waals surface area contributed by atoms with Crippen molar-refractivity contribution in [2.75, 3.05) is 18.5 Å². The van der Waals surface area contributed by atoms with E-state index < -0.39 is 11.0 Å². The topological polar surface area (TPSA) is 35.5 Å². The number of carbonyl (C=O) groups excluding carboxylic acids is 1. The van der Waals surface area contributed by atoms with Crippen molar-refractivity contribution in [3.05, 3.63) is 42.0 Å². The molecule has 140 valence electrons. The molecule has 3 nitrogen and oxygen atoms in total. The van der Waals surface area contributed by atoms with Gasteiger partial charge in [0.05, 0.1) is 24.2 Å². The molecule has 1 aromatic carbocycles. The standard InChI is InChI=1S/C21H31BrO3/c1-5-24-19(23)21(4,15-9-10-16-22)20(2,3)25-17-11-14-18-12-7-6-8-13-18/h6-8,11-14H,5,9-10,15-17H2,1-4H3/b14-11-. The number of halogens is 1. The van der Waals surface area contributed by atoms with Crippen LogP contribution < -0.4 is 0 Å². The van der Waals surface area contributed by atoms with Crippen LogP contribution in [-0.2, 0) is 14.3 Å². The molecule has 0 spiro atoms. The lowest BCUT2D eigenvalue weighted by Crippen LogP contribution is -2.50. The molecule has 1 unspecified atom stereocenters. The largest absolute Gasteiger partial charge is 0.465 e. The molecule has 1 atom stereocenters. The fraction of sp³-hybridized carbons (Fsp3) is 0.571. The van der Waals surface area contributed by atoms with E-state index in [0.717, 1.165) is 30.2 Å². The van der Waals surface area contributed by atoms with Crippen LogP contribution in [0.4, 0.5) is 0 Å². The summed E-state index contributed by atoms with van der Waals surface area (Å²) in [7, 11) is 0. The van der Waals surface area contributed by atoms with E-state index >= 15 is 0 Å². The first kappa shape index (κ1) is 21.9. The number of alkyl halides is 1. The third-order valence-electron chi connectivity index (χ3n) is 4.77. The Morgan fingerprint density at radius 1 is 1.16 bits per heavy atom. The van der Waals surface area contributed by atoms with Crippen molar-refractivity contribution >= 4 is 28.0 Å². The minimum atomic E-state index is -0.675. The first-order chi connectivity index (χ1) is 11.9. The predicted octanol–water partition coefficient (Wildman–Crippen LogP) is 5.63. The average molecular weight is 411 g/mol. The van der Waals surface area contributed by atoms with Gasteiger partial charge in [-0.25, -0.2) is 0 Å². The van der Waals surface area contributed by atoms with Crippen LogP contribution in [0.5, 0.6) is 0 Å². The summed E-state index contributed by atoms with van der Waals surface area (Å²) in [5.41, 5.74) is -0.160. The molecule has 0 saturated heterocycles. The molecule has 0 fully saturated rings. The Morgan fingerprint density at radius 2 is 1.84 bits per heavy atom. The van der Waals surface area contributed by atoms with E-state index in [4.69, 9.17) is 9.47 Å². The summed E-state index contributed by atoms with van der Waals surface area (Å²) >= 11 is 3.45. The monoisotopic (exact) mass is 410 g/mol. The first-order valence-corrected chi connectivity index (χ1v) is 10.1. The van der Waals surface area contributed by atoms with Gasteiger partial charge in [0.1, 0.15) is 0 Å². The molecular formula is C21H31BrO3. The molecular weight excluding hydrogens is 380 g/mol. The Hall–Kier alpha value is -1.13. The van der Waals surface area contributed by atoms with Crippen molar-refractivity contribution in [3.63, 3.8) is 0 Å². The highest BCUT2D eigenvalue weighted by atomic mass is 79.9. The Kier molecular flexibility index (Phi) is 9.44. The van der Waals surface area contributed by atoms with Gasteiger partial charge in [0.25, 0.3) is 0 Å². The normalized spacial score (nSPS) is 14.4. The fourth-order valence-corrected chi connectivity index (χ4v) is 3.07. The molecule has 0 aliphatic heterocycles. The molecule has 0 amide bonds. The van der Waals surface area contributed by atoms with Crippen LogP contribution in [0.25, 0.3) is 6.08 Å². The first-order valence-electron chi connectivity index (χ1n) is 8.96. The van der Waals surface area contributed by atoms with Crippen molar-refractivity contribution in [1.82, 2.24) is 0 Å². The van der Waals surface area contributed by atoms with Gasteiger partial charge in [-0.15, -0.1) is 0 Å². The van der Waals surface area contributed by atoms with E-state index in [1.807, 2.05) is 70.2 Å². The number of unbranched alkanes of at least 4 members (excludes halogenated alkanes) is 1. The van der Waals surface area contributed by atoms with Gasteiger partial charge < -0.3 is 9.47 Å². The molecule has 0 bridgehead atoms. The number of esters is 1. The van der Waals surface area contributed by atoms with Gasteiger partial charge in [0.15, 0.2) is 0 Å². The Labute approximate surface area is 160 Å². The van der Waals surface area contributed by atoms with Crippen LogP contribution in [0.15, 0.2) is 36.4 Å². The highest BCUT2D eigenvalue weighted by Crippen LogP contribution is 2.40. The zero-order chi connectivity index (χ0) is 18.8. The van der Waals surface area contributed by atoms with E-state index in [9.17, 15) is 4.79 Å². The molecule has 0 radical (unpaired) electrons. The Morgan fingerprint density at radius 3 is 2.44 bits per heavy atom. The SMILES string of the molecule is CCOC(=O)C(C)(CCCCBr)C(C)(C)OC/C=C\c1ccccc1. The quantitative estimate of drug-likeness (QED) is 0.269. The second kappa shape index (κ2) is 10.8. The molecule has 1 rings (SSSR count). The molecule has 0 N–H and O–H groups in total. The van der Waals surface area contributed by atoms with Gasteiger partial charge in [0.2, 0.25) is 0 Å². The molecule has 0 aromatic heterocycles. The minimum Gasteiger partial charge on any atom is -0.465 e. The Balaban J connectivity index is 2.76. The van der Waals surface area contributed by atoms with Crippen LogP contribution in [0.1, 0.15) is 52.5 Å². The molecule has 25 heavy (non-hydrogen) atoms.